The summed E-state index contributed by atoms with van der Waals surface area (Å²) in [5, 5.41) is 3.55. The van der Waals surface area contributed by atoms with Crippen LogP contribution in [0, 0.1) is 0 Å². The Hall–Kier alpha value is -3.38. The van der Waals surface area contributed by atoms with Gasteiger partial charge in [-0.05, 0) is 48.0 Å². The second-order valence-corrected chi connectivity index (χ2v) is 7.03. The first-order valence-electron chi connectivity index (χ1n) is 9.59. The molecule has 162 valence electrons. The van der Waals surface area contributed by atoms with Gasteiger partial charge in [-0.15, -0.1) is 0 Å². The Balaban J connectivity index is 1.60. The van der Waals surface area contributed by atoms with Crippen molar-refractivity contribution in [2.75, 3.05) is 21.3 Å². The summed E-state index contributed by atoms with van der Waals surface area (Å²) in [6.45, 7) is 0.659. The van der Waals surface area contributed by atoms with Crippen LogP contribution in [0.1, 0.15) is 21.5 Å². The molecule has 0 bridgehead atoms. The molecule has 0 heterocycles. The standard InChI is InChI=1S/C24H24ClNO5/c1-28-21-12-16(13-22(29-2)23(21)30-3)14-26-24(27)17-8-10-19(11-9-17)31-15-18-6-4-5-7-20(18)25/h4-13H,14-15H2,1-3H3,(H,26,27). The van der Waals surface area contributed by atoms with Gasteiger partial charge in [0.25, 0.3) is 5.91 Å². The maximum Gasteiger partial charge on any atom is 0.251 e. The largest absolute Gasteiger partial charge is 0.493 e. The molecule has 0 saturated carbocycles. The molecular weight excluding hydrogens is 418 g/mol. The molecule has 31 heavy (non-hydrogen) atoms. The molecule has 0 aromatic heterocycles. The first-order chi connectivity index (χ1) is 15.0. The molecule has 0 atom stereocenters. The number of hydrogen-bond acceptors (Lipinski definition) is 5. The summed E-state index contributed by atoms with van der Waals surface area (Å²) in [7, 11) is 4.65. The van der Waals surface area contributed by atoms with Crippen LogP contribution < -0.4 is 24.3 Å². The monoisotopic (exact) mass is 441 g/mol. The Morgan fingerprint density at radius 1 is 0.903 bits per heavy atom. The molecule has 0 aliphatic rings. The fraction of sp³-hybridized carbons (Fsp3) is 0.208. The van der Waals surface area contributed by atoms with Gasteiger partial charge in [0.1, 0.15) is 12.4 Å². The van der Waals surface area contributed by atoms with E-state index in [1.165, 1.54) is 0 Å². The van der Waals surface area contributed by atoms with E-state index in [9.17, 15) is 4.79 Å². The Bertz CT molecular complexity index is 1010. The van der Waals surface area contributed by atoms with Gasteiger partial charge >= 0.3 is 0 Å². The molecule has 0 fully saturated rings. The van der Waals surface area contributed by atoms with Crippen molar-refractivity contribution in [3.63, 3.8) is 0 Å². The van der Waals surface area contributed by atoms with Crippen LogP contribution >= 0.6 is 11.6 Å². The van der Waals surface area contributed by atoms with Crippen molar-refractivity contribution < 1.29 is 23.7 Å². The number of methoxy groups -OCH3 is 3. The van der Waals surface area contributed by atoms with E-state index >= 15 is 0 Å². The number of amides is 1. The number of hydrogen-bond donors (Lipinski definition) is 1. The van der Waals surface area contributed by atoms with Gasteiger partial charge in [-0.1, -0.05) is 29.8 Å². The zero-order valence-electron chi connectivity index (χ0n) is 17.6. The highest BCUT2D eigenvalue weighted by Gasteiger charge is 2.14. The van der Waals surface area contributed by atoms with Crippen LogP contribution in [0.2, 0.25) is 5.02 Å². The Morgan fingerprint density at radius 2 is 1.55 bits per heavy atom. The molecule has 0 spiro atoms. The summed E-state index contributed by atoms with van der Waals surface area (Å²) >= 11 is 6.14. The van der Waals surface area contributed by atoms with Crippen LogP contribution in [-0.2, 0) is 13.2 Å². The SMILES string of the molecule is COc1cc(CNC(=O)c2ccc(OCc3ccccc3Cl)cc2)cc(OC)c1OC. The van der Waals surface area contributed by atoms with Gasteiger partial charge in [-0.25, -0.2) is 0 Å². The third-order valence-corrected chi connectivity index (χ3v) is 5.01. The third-order valence-electron chi connectivity index (χ3n) is 4.65. The normalized spacial score (nSPS) is 10.3. The molecule has 3 aromatic carbocycles. The minimum Gasteiger partial charge on any atom is -0.493 e. The van der Waals surface area contributed by atoms with Crippen molar-refractivity contribution in [1.82, 2.24) is 5.32 Å². The average Bonchev–Trinajstić information content (AvgIpc) is 2.81. The van der Waals surface area contributed by atoms with Gasteiger partial charge in [0.2, 0.25) is 5.75 Å². The quantitative estimate of drug-likeness (QED) is 0.513. The lowest BCUT2D eigenvalue weighted by Gasteiger charge is -2.14. The molecule has 0 unspecified atom stereocenters. The van der Waals surface area contributed by atoms with Crippen molar-refractivity contribution in [3.8, 4) is 23.0 Å². The topological polar surface area (TPSA) is 66.0 Å². The van der Waals surface area contributed by atoms with Crippen molar-refractivity contribution >= 4 is 17.5 Å². The summed E-state index contributed by atoms with van der Waals surface area (Å²) in [5.41, 5.74) is 2.25. The van der Waals surface area contributed by atoms with E-state index in [1.807, 2.05) is 24.3 Å². The van der Waals surface area contributed by atoms with Crippen molar-refractivity contribution in [2.45, 2.75) is 13.2 Å². The second-order valence-electron chi connectivity index (χ2n) is 6.62. The number of halogens is 1. The van der Waals surface area contributed by atoms with Crippen molar-refractivity contribution in [1.29, 1.82) is 0 Å². The molecule has 0 radical (unpaired) electrons. The van der Waals surface area contributed by atoms with Crippen LogP contribution in [0.15, 0.2) is 60.7 Å². The first-order valence-corrected chi connectivity index (χ1v) is 9.97. The van der Waals surface area contributed by atoms with E-state index in [2.05, 4.69) is 5.32 Å². The summed E-state index contributed by atoms with van der Waals surface area (Å²) in [6, 6.07) is 18.0. The predicted molar refractivity (Wildman–Crippen MR) is 119 cm³/mol. The van der Waals surface area contributed by atoms with Gasteiger partial charge in [-0.2, -0.15) is 0 Å². The van der Waals surface area contributed by atoms with Crippen LogP contribution in [0.25, 0.3) is 0 Å². The van der Waals surface area contributed by atoms with Gasteiger partial charge in [0, 0.05) is 22.7 Å². The van der Waals surface area contributed by atoms with E-state index in [1.54, 1.807) is 57.7 Å². The van der Waals surface area contributed by atoms with E-state index in [0.717, 1.165) is 11.1 Å². The lowest BCUT2D eigenvalue weighted by atomic mass is 10.1. The van der Waals surface area contributed by atoms with Crippen LogP contribution in [-0.4, -0.2) is 27.2 Å². The molecule has 6 nitrogen and oxygen atoms in total. The van der Waals surface area contributed by atoms with Crippen LogP contribution in [0.5, 0.6) is 23.0 Å². The second kappa shape index (κ2) is 10.6. The van der Waals surface area contributed by atoms with E-state index in [0.29, 0.717) is 46.7 Å². The zero-order valence-corrected chi connectivity index (χ0v) is 18.4. The lowest BCUT2D eigenvalue weighted by molar-refractivity contribution is 0.0950. The predicted octanol–water partition coefficient (Wildman–Crippen LogP) is 4.87. The number of carbonyl (C=O) groups is 1. The summed E-state index contributed by atoms with van der Waals surface area (Å²) in [6.07, 6.45) is 0. The maximum atomic E-state index is 12.5. The highest BCUT2D eigenvalue weighted by molar-refractivity contribution is 6.31. The zero-order chi connectivity index (χ0) is 22.2. The van der Waals surface area contributed by atoms with E-state index in [4.69, 9.17) is 30.5 Å². The highest BCUT2D eigenvalue weighted by atomic mass is 35.5. The number of rotatable bonds is 9. The molecule has 1 N–H and O–H groups in total. The van der Waals surface area contributed by atoms with E-state index in [-0.39, 0.29) is 5.91 Å². The Morgan fingerprint density at radius 3 is 2.13 bits per heavy atom. The minimum atomic E-state index is -0.202. The third kappa shape index (κ3) is 5.61. The maximum absolute atomic E-state index is 12.5. The number of nitrogens with one attached hydrogen (secondary N) is 1. The van der Waals surface area contributed by atoms with Crippen LogP contribution in [0.4, 0.5) is 0 Å². The Kier molecular flexibility index (Phi) is 7.62. The summed E-state index contributed by atoms with van der Waals surface area (Å²) in [5.74, 6) is 2.03. The fourth-order valence-electron chi connectivity index (χ4n) is 3.00. The molecule has 0 aliphatic heterocycles. The Labute approximate surface area is 186 Å². The van der Waals surface area contributed by atoms with Gasteiger partial charge in [-0.3, -0.25) is 4.79 Å². The molecule has 3 rings (SSSR count). The van der Waals surface area contributed by atoms with Crippen molar-refractivity contribution in [3.05, 3.63) is 82.4 Å². The summed E-state index contributed by atoms with van der Waals surface area (Å²) < 4.78 is 21.8. The first kappa shape index (κ1) is 22.3. The molecule has 1 amide bonds. The van der Waals surface area contributed by atoms with Crippen molar-refractivity contribution in [2.24, 2.45) is 0 Å². The fourth-order valence-corrected chi connectivity index (χ4v) is 3.19. The van der Waals surface area contributed by atoms with Gasteiger partial charge in [0.15, 0.2) is 11.5 Å². The van der Waals surface area contributed by atoms with Gasteiger partial charge < -0.3 is 24.3 Å². The highest BCUT2D eigenvalue weighted by Crippen LogP contribution is 2.38. The molecule has 0 saturated heterocycles. The smallest absolute Gasteiger partial charge is 0.251 e. The van der Waals surface area contributed by atoms with Crippen LogP contribution in [0.3, 0.4) is 0 Å². The summed E-state index contributed by atoms with van der Waals surface area (Å²) in [4.78, 5) is 12.5. The molecule has 0 aliphatic carbocycles. The number of benzene rings is 3. The van der Waals surface area contributed by atoms with E-state index < -0.39 is 0 Å². The number of ether oxygens (including phenoxy) is 4. The molecular formula is C24H24ClNO5. The lowest BCUT2D eigenvalue weighted by Crippen LogP contribution is -2.22. The van der Waals surface area contributed by atoms with Gasteiger partial charge in [0.05, 0.1) is 21.3 Å². The minimum absolute atomic E-state index is 0.202. The average molecular weight is 442 g/mol. The molecule has 7 heteroatoms. The molecule has 3 aromatic rings. The number of carbonyl (C=O) groups excluding carboxylic acids is 1.